The standard InChI is InChI=1S/C20H28ClN3O2/c1-15(19(25)22-16-7-3-2-4-8-16)23-11-13-24(14-12-23)20(26)17-9-5-6-10-18(17)21/h5-6,9-10,15-16H,2-4,7-8,11-14H2,1H3,(H,22,25)/p+1/t15-/m1/s1. The summed E-state index contributed by atoms with van der Waals surface area (Å²) in [5, 5.41) is 3.72. The van der Waals surface area contributed by atoms with Gasteiger partial charge in [-0.25, -0.2) is 0 Å². The lowest BCUT2D eigenvalue weighted by Crippen LogP contribution is -3.19. The molecule has 2 aliphatic rings. The molecular weight excluding hydrogens is 350 g/mol. The number of halogens is 1. The van der Waals surface area contributed by atoms with E-state index in [1.54, 1.807) is 12.1 Å². The summed E-state index contributed by atoms with van der Waals surface area (Å²) < 4.78 is 0. The predicted octanol–water partition coefficient (Wildman–Crippen LogP) is 1.52. The van der Waals surface area contributed by atoms with Gasteiger partial charge in [-0.15, -0.1) is 0 Å². The van der Waals surface area contributed by atoms with Crippen molar-refractivity contribution in [1.29, 1.82) is 0 Å². The summed E-state index contributed by atoms with van der Waals surface area (Å²) in [6.45, 7) is 4.88. The Balaban J connectivity index is 1.50. The maximum atomic E-state index is 12.6. The smallest absolute Gasteiger partial charge is 0.278 e. The molecule has 1 heterocycles. The van der Waals surface area contributed by atoms with E-state index >= 15 is 0 Å². The van der Waals surface area contributed by atoms with E-state index in [4.69, 9.17) is 11.6 Å². The number of quaternary nitrogens is 1. The highest BCUT2D eigenvalue weighted by molar-refractivity contribution is 6.33. The number of hydrogen-bond donors (Lipinski definition) is 2. The van der Waals surface area contributed by atoms with Gasteiger partial charge in [0.25, 0.3) is 11.8 Å². The van der Waals surface area contributed by atoms with E-state index < -0.39 is 0 Å². The van der Waals surface area contributed by atoms with Gasteiger partial charge in [0.2, 0.25) is 0 Å². The molecule has 0 unspecified atom stereocenters. The number of nitrogens with one attached hydrogen (secondary N) is 2. The first kappa shape index (κ1) is 19.2. The van der Waals surface area contributed by atoms with Crippen molar-refractivity contribution in [1.82, 2.24) is 10.2 Å². The first-order valence-electron chi connectivity index (χ1n) is 9.75. The van der Waals surface area contributed by atoms with Crippen LogP contribution >= 0.6 is 11.6 Å². The second-order valence-electron chi connectivity index (χ2n) is 7.50. The molecule has 1 atom stereocenters. The fourth-order valence-corrected chi connectivity index (χ4v) is 4.21. The number of nitrogens with zero attached hydrogens (tertiary/aromatic N) is 1. The fraction of sp³-hybridized carbons (Fsp3) is 0.600. The SMILES string of the molecule is C[C@H](C(=O)NC1CCCCC1)[NH+]1CCN(C(=O)c2ccccc2Cl)CC1. The Morgan fingerprint density at radius 1 is 1.15 bits per heavy atom. The molecule has 1 saturated heterocycles. The maximum Gasteiger partial charge on any atom is 0.278 e. The van der Waals surface area contributed by atoms with Crippen LogP contribution in [0.5, 0.6) is 0 Å². The van der Waals surface area contributed by atoms with Crippen LogP contribution in [-0.4, -0.2) is 55.0 Å². The lowest BCUT2D eigenvalue weighted by Gasteiger charge is -2.35. The molecule has 0 bridgehead atoms. The maximum absolute atomic E-state index is 12.6. The second kappa shape index (κ2) is 8.87. The number of amides is 2. The van der Waals surface area contributed by atoms with E-state index in [1.807, 2.05) is 24.0 Å². The Hall–Kier alpha value is -1.59. The van der Waals surface area contributed by atoms with Crippen molar-refractivity contribution >= 4 is 23.4 Å². The average Bonchev–Trinajstić information content (AvgIpc) is 2.68. The minimum Gasteiger partial charge on any atom is -0.348 e. The van der Waals surface area contributed by atoms with Crippen LogP contribution in [0.3, 0.4) is 0 Å². The van der Waals surface area contributed by atoms with Gasteiger partial charge in [0.15, 0.2) is 6.04 Å². The van der Waals surface area contributed by atoms with Gasteiger partial charge in [0.05, 0.1) is 36.8 Å². The number of carbonyl (C=O) groups excluding carboxylic acids is 2. The third-order valence-electron chi connectivity index (χ3n) is 5.75. The number of carbonyl (C=O) groups is 2. The molecule has 142 valence electrons. The van der Waals surface area contributed by atoms with Crippen molar-refractivity contribution in [3.8, 4) is 0 Å². The third kappa shape index (κ3) is 4.57. The quantitative estimate of drug-likeness (QED) is 0.834. The van der Waals surface area contributed by atoms with E-state index in [-0.39, 0.29) is 17.9 Å². The van der Waals surface area contributed by atoms with Crippen LogP contribution in [-0.2, 0) is 4.79 Å². The lowest BCUT2D eigenvalue weighted by molar-refractivity contribution is -0.917. The zero-order chi connectivity index (χ0) is 18.5. The molecule has 6 heteroatoms. The number of benzene rings is 1. The topological polar surface area (TPSA) is 53.9 Å². The van der Waals surface area contributed by atoms with Crippen molar-refractivity contribution in [2.24, 2.45) is 0 Å². The fourth-order valence-electron chi connectivity index (χ4n) is 3.99. The van der Waals surface area contributed by atoms with Crippen molar-refractivity contribution in [3.05, 3.63) is 34.9 Å². The van der Waals surface area contributed by atoms with Crippen LogP contribution in [0.1, 0.15) is 49.4 Å². The van der Waals surface area contributed by atoms with E-state index in [0.717, 1.165) is 25.9 Å². The van der Waals surface area contributed by atoms with Crippen molar-refractivity contribution in [2.45, 2.75) is 51.1 Å². The van der Waals surface area contributed by atoms with Crippen LogP contribution in [0.4, 0.5) is 0 Å². The van der Waals surface area contributed by atoms with Gasteiger partial charge in [-0.3, -0.25) is 9.59 Å². The van der Waals surface area contributed by atoms with Gasteiger partial charge in [-0.2, -0.15) is 0 Å². The summed E-state index contributed by atoms with van der Waals surface area (Å²) in [7, 11) is 0. The Morgan fingerprint density at radius 2 is 1.81 bits per heavy atom. The summed E-state index contributed by atoms with van der Waals surface area (Å²) in [6, 6.07) is 7.44. The van der Waals surface area contributed by atoms with Crippen LogP contribution in [0.25, 0.3) is 0 Å². The average molecular weight is 379 g/mol. The lowest BCUT2D eigenvalue weighted by atomic mass is 9.95. The van der Waals surface area contributed by atoms with Crippen LogP contribution in [0.15, 0.2) is 24.3 Å². The van der Waals surface area contributed by atoms with E-state index in [1.165, 1.54) is 24.2 Å². The molecule has 2 amide bonds. The first-order chi connectivity index (χ1) is 12.6. The number of hydrogen-bond acceptors (Lipinski definition) is 2. The minimum absolute atomic E-state index is 0.0195. The van der Waals surface area contributed by atoms with Crippen LogP contribution in [0.2, 0.25) is 5.02 Å². The molecule has 26 heavy (non-hydrogen) atoms. The predicted molar refractivity (Wildman–Crippen MR) is 103 cm³/mol. The van der Waals surface area contributed by atoms with Crippen molar-refractivity contribution < 1.29 is 14.5 Å². The molecule has 1 aromatic carbocycles. The highest BCUT2D eigenvalue weighted by atomic mass is 35.5. The molecule has 1 aliphatic carbocycles. The minimum atomic E-state index is -0.0745. The molecule has 5 nitrogen and oxygen atoms in total. The van der Waals surface area contributed by atoms with Crippen molar-refractivity contribution in [3.63, 3.8) is 0 Å². The number of rotatable bonds is 4. The van der Waals surface area contributed by atoms with Crippen LogP contribution in [0, 0.1) is 0 Å². The van der Waals surface area contributed by atoms with E-state index in [2.05, 4.69) is 5.32 Å². The Morgan fingerprint density at radius 3 is 2.46 bits per heavy atom. The van der Waals surface area contributed by atoms with Gasteiger partial charge in [-0.05, 0) is 31.9 Å². The summed E-state index contributed by atoms with van der Waals surface area (Å²) in [6.07, 6.45) is 5.93. The summed E-state index contributed by atoms with van der Waals surface area (Å²) in [5.74, 6) is 0.131. The number of piperazine rings is 1. The molecule has 2 fully saturated rings. The molecule has 1 aromatic rings. The zero-order valence-electron chi connectivity index (χ0n) is 15.5. The monoisotopic (exact) mass is 378 g/mol. The summed E-state index contributed by atoms with van der Waals surface area (Å²) >= 11 is 6.15. The normalized spacial score (nSPS) is 20.6. The van der Waals surface area contributed by atoms with Gasteiger partial charge in [0, 0.05) is 6.04 Å². The van der Waals surface area contributed by atoms with Gasteiger partial charge in [-0.1, -0.05) is 43.0 Å². The Kier molecular flexibility index (Phi) is 6.54. The molecule has 1 aliphatic heterocycles. The Labute approximate surface area is 160 Å². The van der Waals surface area contributed by atoms with Gasteiger partial charge in [0.1, 0.15) is 0 Å². The molecule has 1 saturated carbocycles. The van der Waals surface area contributed by atoms with Gasteiger partial charge < -0.3 is 15.1 Å². The third-order valence-corrected chi connectivity index (χ3v) is 6.08. The van der Waals surface area contributed by atoms with Crippen LogP contribution < -0.4 is 10.2 Å². The Bertz CT molecular complexity index is 638. The molecule has 0 radical (unpaired) electrons. The largest absolute Gasteiger partial charge is 0.348 e. The highest BCUT2D eigenvalue weighted by Crippen LogP contribution is 2.18. The zero-order valence-corrected chi connectivity index (χ0v) is 16.2. The summed E-state index contributed by atoms with van der Waals surface area (Å²) in [5.41, 5.74) is 0.556. The molecule has 3 rings (SSSR count). The molecule has 2 N–H and O–H groups in total. The highest BCUT2D eigenvalue weighted by Gasteiger charge is 2.32. The van der Waals surface area contributed by atoms with Gasteiger partial charge >= 0.3 is 0 Å². The molecule has 0 aromatic heterocycles. The van der Waals surface area contributed by atoms with E-state index in [0.29, 0.717) is 29.7 Å². The van der Waals surface area contributed by atoms with E-state index in [9.17, 15) is 9.59 Å². The molecule has 0 spiro atoms. The summed E-state index contributed by atoms with van der Waals surface area (Å²) in [4.78, 5) is 28.3. The molecular formula is C20H29ClN3O2+. The second-order valence-corrected chi connectivity index (χ2v) is 7.90. The van der Waals surface area contributed by atoms with Crippen molar-refractivity contribution in [2.75, 3.05) is 26.2 Å². The first-order valence-corrected chi connectivity index (χ1v) is 10.1.